The molecule has 6 atom stereocenters. The van der Waals surface area contributed by atoms with Gasteiger partial charge in [-0.25, -0.2) is 0 Å². The second-order valence-electron chi connectivity index (χ2n) is 12.6. The van der Waals surface area contributed by atoms with Crippen molar-refractivity contribution in [2.45, 2.75) is 75.8 Å². The predicted molar refractivity (Wildman–Crippen MR) is 174 cm³/mol. The van der Waals surface area contributed by atoms with Gasteiger partial charge in [0.05, 0.1) is 30.1 Å². The Bertz CT molecular complexity index is 1380. The van der Waals surface area contributed by atoms with E-state index in [1.807, 2.05) is 67.6 Å². The van der Waals surface area contributed by atoms with Crippen LogP contribution in [0.25, 0.3) is 0 Å². The molecule has 0 aliphatic carbocycles. The van der Waals surface area contributed by atoms with Crippen LogP contribution in [0.5, 0.6) is 0 Å². The number of fused-ring (bicyclic) bond motifs is 1. The van der Waals surface area contributed by atoms with Crippen LogP contribution in [0.1, 0.15) is 63.1 Å². The van der Waals surface area contributed by atoms with E-state index in [1.165, 1.54) is 0 Å². The van der Waals surface area contributed by atoms with Crippen LogP contribution in [0.4, 0.5) is 0 Å². The van der Waals surface area contributed by atoms with Crippen LogP contribution >= 0.6 is 0 Å². The minimum Gasteiger partial charge on any atom is -0.394 e. The quantitative estimate of drug-likeness (QED) is 0.289. The fourth-order valence-electron chi connectivity index (χ4n) is 8.03. The van der Waals surface area contributed by atoms with Crippen LogP contribution in [0, 0.1) is 11.8 Å². The average Bonchev–Trinajstić information content (AvgIpc) is 3.67. The van der Waals surface area contributed by atoms with E-state index in [0.717, 1.165) is 24.0 Å². The molecule has 8 nitrogen and oxygen atoms in total. The number of likely N-dealkylation sites (tertiary alicyclic amines) is 1. The SMILES string of the molecule is C=CCN(CCCC)C(=O)C1N([C@H](CO)c2ccccc2)C(=O)[C@@H]2[C@H](C(=O)N(CC=C)Cc3ccccc3)[C@]3(CC)CCC12O3. The van der Waals surface area contributed by atoms with Gasteiger partial charge in [-0.05, 0) is 36.8 Å². The third-order valence-electron chi connectivity index (χ3n) is 10.1. The lowest BCUT2D eigenvalue weighted by molar-refractivity contribution is -0.158. The van der Waals surface area contributed by atoms with Crippen LogP contribution in [-0.2, 0) is 25.7 Å². The van der Waals surface area contributed by atoms with E-state index < -0.39 is 35.1 Å². The zero-order valence-corrected chi connectivity index (χ0v) is 26.6. The Morgan fingerprint density at radius 3 is 2.24 bits per heavy atom. The van der Waals surface area contributed by atoms with Crippen molar-refractivity contribution in [1.29, 1.82) is 0 Å². The molecule has 3 amide bonds. The molecule has 2 aromatic carbocycles. The Hall–Kier alpha value is -3.75. The molecule has 5 rings (SSSR count). The molecular weight excluding hydrogens is 566 g/mol. The number of hydrogen-bond donors (Lipinski definition) is 1. The summed E-state index contributed by atoms with van der Waals surface area (Å²) in [7, 11) is 0. The summed E-state index contributed by atoms with van der Waals surface area (Å²) in [5.74, 6) is -2.32. The first-order valence-corrected chi connectivity index (χ1v) is 16.3. The maximum atomic E-state index is 14.9. The van der Waals surface area contributed by atoms with E-state index >= 15 is 0 Å². The Labute approximate surface area is 267 Å². The molecule has 3 aliphatic rings. The summed E-state index contributed by atoms with van der Waals surface area (Å²) in [6.07, 6.45) is 6.70. The van der Waals surface area contributed by atoms with Crippen LogP contribution in [0.3, 0.4) is 0 Å². The third-order valence-corrected chi connectivity index (χ3v) is 10.1. The minimum atomic E-state index is -1.19. The lowest BCUT2D eigenvalue weighted by Gasteiger charge is -2.39. The minimum absolute atomic E-state index is 0.164. The molecule has 0 saturated carbocycles. The van der Waals surface area contributed by atoms with Gasteiger partial charge in [0.1, 0.15) is 11.6 Å². The third kappa shape index (κ3) is 5.63. The van der Waals surface area contributed by atoms with E-state index in [4.69, 9.17) is 4.74 Å². The number of amides is 3. The fraction of sp³-hybridized carbons (Fsp3) is 0.486. The van der Waals surface area contributed by atoms with Crippen molar-refractivity contribution in [3.63, 3.8) is 0 Å². The van der Waals surface area contributed by atoms with Crippen LogP contribution in [0.2, 0.25) is 0 Å². The summed E-state index contributed by atoms with van der Waals surface area (Å²) in [5, 5.41) is 10.8. The fourth-order valence-corrected chi connectivity index (χ4v) is 8.03. The number of benzene rings is 2. The summed E-state index contributed by atoms with van der Waals surface area (Å²) < 4.78 is 7.04. The number of carbonyl (C=O) groups excluding carboxylic acids is 3. The second-order valence-corrected chi connectivity index (χ2v) is 12.6. The van der Waals surface area contributed by atoms with Crippen molar-refractivity contribution in [3.05, 3.63) is 97.1 Å². The molecule has 0 radical (unpaired) electrons. The number of rotatable bonds is 15. The van der Waals surface area contributed by atoms with E-state index in [9.17, 15) is 19.5 Å². The molecule has 1 spiro atoms. The van der Waals surface area contributed by atoms with Gasteiger partial charge in [-0.3, -0.25) is 14.4 Å². The number of nitrogens with zero attached hydrogens (tertiary/aromatic N) is 3. The van der Waals surface area contributed by atoms with Gasteiger partial charge in [0.2, 0.25) is 17.7 Å². The number of ether oxygens (including phenoxy) is 1. The molecule has 0 aromatic heterocycles. The molecule has 2 aromatic rings. The molecule has 1 N–H and O–H groups in total. The monoisotopic (exact) mass is 613 g/mol. The zero-order chi connectivity index (χ0) is 32.2. The number of unbranched alkanes of at least 4 members (excludes halogenated alkanes) is 1. The van der Waals surface area contributed by atoms with Gasteiger partial charge in [0, 0.05) is 26.2 Å². The average molecular weight is 614 g/mol. The zero-order valence-electron chi connectivity index (χ0n) is 26.6. The summed E-state index contributed by atoms with van der Waals surface area (Å²) >= 11 is 0. The van der Waals surface area contributed by atoms with Gasteiger partial charge in [0.25, 0.3) is 0 Å². The maximum absolute atomic E-state index is 14.9. The van der Waals surface area contributed by atoms with Gasteiger partial charge >= 0.3 is 0 Å². The van der Waals surface area contributed by atoms with Crippen LogP contribution in [-0.4, -0.2) is 81.0 Å². The number of aliphatic hydroxyl groups excluding tert-OH is 1. The summed E-state index contributed by atoms with van der Waals surface area (Å²) in [5.41, 5.74) is -0.353. The molecule has 3 fully saturated rings. The molecule has 3 saturated heterocycles. The molecular formula is C37H47N3O5. The molecule has 45 heavy (non-hydrogen) atoms. The van der Waals surface area contributed by atoms with E-state index in [-0.39, 0.29) is 24.3 Å². The van der Waals surface area contributed by atoms with Crippen molar-refractivity contribution < 1.29 is 24.2 Å². The van der Waals surface area contributed by atoms with E-state index in [0.29, 0.717) is 45.4 Å². The highest BCUT2D eigenvalue weighted by Gasteiger charge is 2.79. The Morgan fingerprint density at radius 2 is 1.64 bits per heavy atom. The number of hydrogen-bond acceptors (Lipinski definition) is 5. The van der Waals surface area contributed by atoms with E-state index in [2.05, 4.69) is 20.1 Å². The molecule has 3 heterocycles. The van der Waals surface area contributed by atoms with Crippen molar-refractivity contribution in [2.24, 2.45) is 11.8 Å². The molecule has 3 aliphatic heterocycles. The lowest BCUT2D eigenvalue weighted by Crippen LogP contribution is -2.57. The lowest BCUT2D eigenvalue weighted by atomic mass is 9.64. The van der Waals surface area contributed by atoms with Crippen LogP contribution < -0.4 is 0 Å². The maximum Gasteiger partial charge on any atom is 0.248 e. The second kappa shape index (κ2) is 13.7. The van der Waals surface area contributed by atoms with Crippen LogP contribution in [0.15, 0.2) is 86.0 Å². The van der Waals surface area contributed by atoms with Gasteiger partial charge in [0.15, 0.2) is 0 Å². The first-order chi connectivity index (χ1) is 21.8. The molecule has 8 heteroatoms. The molecule has 2 bridgehead atoms. The standard InChI is InChI=1S/C37H47N3O5/c1-5-9-24-38(22-6-2)35(44)32-37-21-20-36(8-4,45-37)30(33(42)39(23-7-3)25-27-16-12-10-13-17-27)31(37)34(43)40(32)29(26-41)28-18-14-11-15-19-28/h6-7,10-19,29-32,41H,2-3,5,8-9,20-26H2,1,4H3/t29-,30-,31+,32?,36+,37?/m1/s1. The number of carbonyl (C=O) groups is 3. The largest absolute Gasteiger partial charge is 0.394 e. The van der Waals surface area contributed by atoms with E-state index in [1.54, 1.807) is 26.9 Å². The van der Waals surface area contributed by atoms with Crippen molar-refractivity contribution in [3.8, 4) is 0 Å². The van der Waals surface area contributed by atoms with Crippen molar-refractivity contribution in [1.82, 2.24) is 14.7 Å². The first-order valence-electron chi connectivity index (χ1n) is 16.3. The highest BCUT2D eigenvalue weighted by molar-refractivity contribution is 5.99. The topological polar surface area (TPSA) is 90.4 Å². The van der Waals surface area contributed by atoms with Gasteiger partial charge in [-0.1, -0.05) is 93.1 Å². The Kier molecular flexibility index (Phi) is 9.94. The summed E-state index contributed by atoms with van der Waals surface area (Å²) in [6.45, 7) is 13.0. The summed E-state index contributed by atoms with van der Waals surface area (Å²) in [4.78, 5) is 49.4. The normalized spacial score (nSPS) is 27.2. The van der Waals surface area contributed by atoms with Crippen molar-refractivity contribution in [2.75, 3.05) is 26.2 Å². The van der Waals surface area contributed by atoms with Gasteiger partial charge < -0.3 is 24.5 Å². The summed E-state index contributed by atoms with van der Waals surface area (Å²) in [6, 6.07) is 17.3. The van der Waals surface area contributed by atoms with Crippen molar-refractivity contribution >= 4 is 17.7 Å². The highest BCUT2D eigenvalue weighted by atomic mass is 16.5. The van der Waals surface area contributed by atoms with Gasteiger partial charge in [-0.2, -0.15) is 0 Å². The number of aliphatic hydroxyl groups is 1. The Balaban J connectivity index is 1.62. The molecule has 2 unspecified atom stereocenters. The smallest absolute Gasteiger partial charge is 0.248 e. The first kappa shape index (κ1) is 32.6. The predicted octanol–water partition coefficient (Wildman–Crippen LogP) is 4.90. The highest BCUT2D eigenvalue weighted by Crippen LogP contribution is 2.65. The van der Waals surface area contributed by atoms with Gasteiger partial charge in [-0.15, -0.1) is 13.2 Å². The Morgan fingerprint density at radius 1 is 1.00 bits per heavy atom. The molecule has 240 valence electrons.